The van der Waals surface area contributed by atoms with Gasteiger partial charge >= 0.3 is 0 Å². The summed E-state index contributed by atoms with van der Waals surface area (Å²) in [5.41, 5.74) is 0. The fourth-order valence-electron chi connectivity index (χ4n) is 1.59. The minimum absolute atomic E-state index is 0.135. The molecule has 0 bridgehead atoms. The maximum absolute atomic E-state index is 9.77. The molecule has 0 aromatic rings. The zero-order chi connectivity index (χ0) is 12.6. The van der Waals surface area contributed by atoms with Crippen molar-refractivity contribution in [1.29, 1.82) is 0 Å². The van der Waals surface area contributed by atoms with Crippen molar-refractivity contribution < 1.29 is 14.3 Å². The zero-order valence-corrected chi connectivity index (χ0v) is 12.4. The van der Waals surface area contributed by atoms with E-state index in [4.69, 9.17) is 9.16 Å². The van der Waals surface area contributed by atoms with Crippen LogP contribution in [0.3, 0.4) is 0 Å². The van der Waals surface area contributed by atoms with Crippen LogP contribution in [0, 0.1) is 0 Å². The van der Waals surface area contributed by atoms with Gasteiger partial charge in [-0.15, -0.1) is 0 Å². The Hall–Kier alpha value is 0.162. The lowest BCUT2D eigenvalue weighted by Crippen LogP contribution is -2.43. The topological polar surface area (TPSA) is 38.7 Å². The largest absolute Gasteiger partial charge is 0.414 e. The second kappa shape index (κ2) is 4.80. The van der Waals surface area contributed by atoms with E-state index in [2.05, 4.69) is 33.9 Å². The predicted octanol–water partition coefficient (Wildman–Crippen LogP) is 1.12. The van der Waals surface area contributed by atoms with Gasteiger partial charge in [0.05, 0.1) is 12.7 Å². The highest BCUT2D eigenvalue weighted by Gasteiger charge is 2.39. The molecule has 0 saturated carbocycles. The minimum atomic E-state index is -1.72. The quantitative estimate of drug-likeness (QED) is 0.756. The maximum Gasteiger partial charge on any atom is 0.192 e. The smallest absolute Gasteiger partial charge is 0.192 e. The molecule has 3 atom stereocenters. The summed E-state index contributed by atoms with van der Waals surface area (Å²) in [6.45, 7) is 11.6. The van der Waals surface area contributed by atoms with Crippen LogP contribution in [0.4, 0.5) is 0 Å². The molecule has 94 valence electrons. The van der Waals surface area contributed by atoms with Gasteiger partial charge in [0.1, 0.15) is 14.0 Å². The van der Waals surface area contributed by atoms with Crippen LogP contribution in [-0.2, 0) is 9.16 Å². The monoisotopic (exact) mass is 244 g/mol. The lowest BCUT2D eigenvalue weighted by atomic mass is 9.96. The predicted molar refractivity (Wildman–Crippen MR) is 71.0 cm³/mol. The van der Waals surface area contributed by atoms with Gasteiger partial charge in [0.15, 0.2) is 8.32 Å². The highest BCUT2D eigenvalue weighted by molar-refractivity contribution is 6.74. The SMILES string of the molecule is B[C@H]1C[C@@H](O)[C@@H](CO[Si](C)(C)C(C)(C)C)O1. The molecule has 1 saturated heterocycles. The number of aliphatic hydroxyl groups is 1. The van der Waals surface area contributed by atoms with Crippen LogP contribution in [0.15, 0.2) is 0 Å². The van der Waals surface area contributed by atoms with Crippen molar-refractivity contribution in [3.8, 4) is 0 Å². The molecule has 0 amide bonds. The van der Waals surface area contributed by atoms with Gasteiger partial charge in [-0.3, -0.25) is 0 Å². The molecule has 1 aliphatic heterocycles. The molecule has 1 N–H and O–H groups in total. The van der Waals surface area contributed by atoms with Crippen LogP contribution in [0.1, 0.15) is 27.2 Å². The minimum Gasteiger partial charge on any atom is -0.414 e. The van der Waals surface area contributed by atoms with E-state index in [0.717, 1.165) is 6.42 Å². The van der Waals surface area contributed by atoms with E-state index >= 15 is 0 Å². The van der Waals surface area contributed by atoms with Crippen molar-refractivity contribution in [3.63, 3.8) is 0 Å². The first kappa shape index (κ1) is 14.2. The van der Waals surface area contributed by atoms with Crippen LogP contribution in [0.2, 0.25) is 18.1 Å². The van der Waals surface area contributed by atoms with Crippen molar-refractivity contribution in [3.05, 3.63) is 0 Å². The van der Waals surface area contributed by atoms with Gasteiger partial charge in [-0.05, 0) is 24.6 Å². The van der Waals surface area contributed by atoms with E-state index in [1.165, 1.54) is 0 Å². The Bertz CT molecular complexity index is 240. The average molecular weight is 244 g/mol. The molecular formula is C11H25BO3Si. The van der Waals surface area contributed by atoms with Crippen LogP contribution in [0.25, 0.3) is 0 Å². The standard InChI is InChI=1S/C11H25BO3Si/c1-11(2,3)16(4,5)14-7-9-8(13)6-10(12)15-9/h8-10,13H,6-7,12H2,1-5H3/t8-,9-,10-/m1/s1. The first-order chi connectivity index (χ1) is 7.13. The van der Waals surface area contributed by atoms with Gasteiger partial charge in [-0.1, -0.05) is 20.8 Å². The zero-order valence-electron chi connectivity index (χ0n) is 11.4. The molecule has 0 aliphatic carbocycles. The summed E-state index contributed by atoms with van der Waals surface area (Å²) < 4.78 is 11.7. The summed E-state index contributed by atoms with van der Waals surface area (Å²) in [5.74, 6) is 0. The Kier molecular flexibility index (Phi) is 4.27. The molecule has 0 aromatic heterocycles. The molecule has 3 nitrogen and oxygen atoms in total. The average Bonchev–Trinajstić information content (AvgIpc) is 2.39. The molecule has 1 heterocycles. The summed E-state index contributed by atoms with van der Waals surface area (Å²) in [4.78, 5) is 0. The Morgan fingerprint density at radius 1 is 1.44 bits per heavy atom. The third kappa shape index (κ3) is 3.33. The van der Waals surface area contributed by atoms with E-state index in [1.54, 1.807) is 0 Å². The second-order valence-corrected chi connectivity index (χ2v) is 11.2. The van der Waals surface area contributed by atoms with E-state index in [1.807, 2.05) is 7.85 Å². The summed E-state index contributed by atoms with van der Waals surface area (Å²) >= 11 is 0. The van der Waals surface area contributed by atoms with Crippen molar-refractivity contribution >= 4 is 16.2 Å². The van der Waals surface area contributed by atoms with Crippen molar-refractivity contribution in [1.82, 2.24) is 0 Å². The molecule has 1 aliphatic rings. The molecule has 5 heteroatoms. The van der Waals surface area contributed by atoms with Crippen LogP contribution in [0.5, 0.6) is 0 Å². The van der Waals surface area contributed by atoms with Crippen molar-refractivity contribution in [2.45, 2.75) is 63.5 Å². The van der Waals surface area contributed by atoms with E-state index in [0.29, 0.717) is 6.61 Å². The first-order valence-electron chi connectivity index (χ1n) is 6.11. The van der Waals surface area contributed by atoms with Gasteiger partial charge in [0, 0.05) is 6.00 Å². The fourth-order valence-corrected chi connectivity index (χ4v) is 2.61. The molecule has 0 unspecified atom stereocenters. The Labute approximate surface area is 101 Å². The number of rotatable bonds is 3. The molecular weight excluding hydrogens is 219 g/mol. The summed E-state index contributed by atoms with van der Waals surface area (Å²) in [6.07, 6.45) is 0.231. The number of aliphatic hydroxyl groups excluding tert-OH is 1. The number of hydrogen-bond donors (Lipinski definition) is 1. The van der Waals surface area contributed by atoms with Gasteiger partial charge in [-0.2, -0.15) is 0 Å². The van der Waals surface area contributed by atoms with E-state index in [-0.39, 0.29) is 23.2 Å². The molecule has 16 heavy (non-hydrogen) atoms. The lowest BCUT2D eigenvalue weighted by Gasteiger charge is -2.37. The highest BCUT2D eigenvalue weighted by Crippen LogP contribution is 2.37. The van der Waals surface area contributed by atoms with Gasteiger partial charge in [0.25, 0.3) is 0 Å². The molecule has 0 radical (unpaired) electrons. The van der Waals surface area contributed by atoms with Gasteiger partial charge < -0.3 is 14.3 Å². The van der Waals surface area contributed by atoms with Crippen LogP contribution < -0.4 is 0 Å². The maximum atomic E-state index is 9.77. The summed E-state index contributed by atoms with van der Waals surface area (Å²) in [7, 11) is 0.280. The Morgan fingerprint density at radius 3 is 2.38 bits per heavy atom. The van der Waals surface area contributed by atoms with Gasteiger partial charge in [0.2, 0.25) is 0 Å². The molecule has 0 aromatic carbocycles. The molecule has 0 spiro atoms. The van der Waals surface area contributed by atoms with Gasteiger partial charge in [-0.25, -0.2) is 0 Å². The fraction of sp³-hybridized carbons (Fsp3) is 1.00. The number of hydrogen-bond acceptors (Lipinski definition) is 3. The molecule has 1 rings (SSSR count). The highest BCUT2D eigenvalue weighted by atomic mass is 28.4. The number of ether oxygens (including phenoxy) is 1. The third-order valence-electron chi connectivity index (χ3n) is 3.82. The first-order valence-corrected chi connectivity index (χ1v) is 9.02. The second-order valence-electron chi connectivity index (χ2n) is 6.36. The van der Waals surface area contributed by atoms with Crippen LogP contribution in [-0.4, -0.2) is 46.1 Å². The van der Waals surface area contributed by atoms with Crippen LogP contribution >= 0.6 is 0 Å². The summed E-state index contributed by atoms with van der Waals surface area (Å²) in [5, 5.41) is 9.98. The Morgan fingerprint density at radius 2 is 2.00 bits per heavy atom. The van der Waals surface area contributed by atoms with Crippen molar-refractivity contribution in [2.75, 3.05) is 6.61 Å². The van der Waals surface area contributed by atoms with E-state index in [9.17, 15) is 5.11 Å². The molecule has 1 fully saturated rings. The third-order valence-corrected chi connectivity index (χ3v) is 8.33. The summed E-state index contributed by atoms with van der Waals surface area (Å²) in [6, 6.07) is 0.156. The normalized spacial score (nSPS) is 32.0. The van der Waals surface area contributed by atoms with Crippen molar-refractivity contribution in [2.24, 2.45) is 0 Å². The lowest BCUT2D eigenvalue weighted by molar-refractivity contribution is -0.000757. The Balaban J connectivity index is 2.46. The van der Waals surface area contributed by atoms with E-state index < -0.39 is 8.32 Å².